The quantitative estimate of drug-likeness (QED) is 0.741. The van der Waals surface area contributed by atoms with Gasteiger partial charge < -0.3 is 4.98 Å². The Kier molecular flexibility index (Phi) is 4.76. The maximum absolute atomic E-state index is 13.9. The molecule has 0 radical (unpaired) electrons. The number of hydrogen-bond donors (Lipinski definition) is 1. The summed E-state index contributed by atoms with van der Waals surface area (Å²) in [4.78, 5) is 21.9. The van der Waals surface area contributed by atoms with Gasteiger partial charge in [-0.15, -0.1) is 0 Å². The van der Waals surface area contributed by atoms with Gasteiger partial charge in [0.15, 0.2) is 0 Å². The van der Waals surface area contributed by atoms with Crippen LogP contribution in [0.4, 0.5) is 8.78 Å². The summed E-state index contributed by atoms with van der Waals surface area (Å²) in [6, 6.07) is 10.7. The van der Waals surface area contributed by atoms with Crippen LogP contribution in [0.2, 0.25) is 5.02 Å². The van der Waals surface area contributed by atoms with Crippen molar-refractivity contribution in [2.45, 2.75) is 19.5 Å². The first-order chi connectivity index (χ1) is 13.0. The van der Waals surface area contributed by atoms with Crippen molar-refractivity contribution >= 4 is 11.6 Å². The van der Waals surface area contributed by atoms with Crippen LogP contribution in [0.1, 0.15) is 16.8 Å². The lowest BCUT2D eigenvalue weighted by atomic mass is 10.1. The molecule has 4 rings (SSSR count). The fourth-order valence-electron chi connectivity index (χ4n) is 3.25. The van der Waals surface area contributed by atoms with Gasteiger partial charge in [0.05, 0.1) is 11.3 Å². The Morgan fingerprint density at radius 1 is 1.15 bits per heavy atom. The maximum Gasteiger partial charge on any atom is 0.255 e. The third kappa shape index (κ3) is 3.77. The second-order valence-electron chi connectivity index (χ2n) is 6.54. The molecule has 1 aliphatic heterocycles. The molecule has 0 saturated carbocycles. The van der Waals surface area contributed by atoms with Gasteiger partial charge in [-0.2, -0.15) is 0 Å². The second kappa shape index (κ2) is 7.21. The van der Waals surface area contributed by atoms with Crippen LogP contribution in [0.15, 0.2) is 47.3 Å². The molecule has 0 unspecified atom stereocenters. The highest BCUT2D eigenvalue weighted by atomic mass is 35.5. The Hall–Kier alpha value is -2.57. The molecule has 7 heteroatoms. The molecule has 0 aliphatic carbocycles. The molecular weight excluding hydrogens is 372 g/mol. The molecule has 27 heavy (non-hydrogen) atoms. The smallest absolute Gasteiger partial charge is 0.255 e. The molecule has 0 spiro atoms. The summed E-state index contributed by atoms with van der Waals surface area (Å²) >= 11 is 5.90. The molecule has 0 atom stereocenters. The minimum atomic E-state index is -0.601. The summed E-state index contributed by atoms with van der Waals surface area (Å²) in [6.45, 7) is 1.32. The highest BCUT2D eigenvalue weighted by Gasteiger charge is 2.22. The normalized spacial score (nSPS) is 14.2. The van der Waals surface area contributed by atoms with Gasteiger partial charge in [0, 0.05) is 48.3 Å². The zero-order valence-corrected chi connectivity index (χ0v) is 15.1. The van der Waals surface area contributed by atoms with Crippen LogP contribution in [-0.2, 0) is 19.5 Å². The average molecular weight is 388 g/mol. The van der Waals surface area contributed by atoms with Gasteiger partial charge in [0.1, 0.15) is 17.5 Å². The molecule has 1 aliphatic rings. The van der Waals surface area contributed by atoms with Gasteiger partial charge in [0.25, 0.3) is 5.56 Å². The molecule has 0 amide bonds. The van der Waals surface area contributed by atoms with Crippen molar-refractivity contribution in [1.82, 2.24) is 14.9 Å². The van der Waals surface area contributed by atoms with E-state index in [0.29, 0.717) is 48.0 Å². The minimum Gasteiger partial charge on any atom is -0.306 e. The third-order valence-electron chi connectivity index (χ3n) is 4.67. The first-order valence-electron chi connectivity index (χ1n) is 8.54. The lowest BCUT2D eigenvalue weighted by molar-refractivity contribution is 0.238. The summed E-state index contributed by atoms with van der Waals surface area (Å²) in [5.41, 5.74) is 2.33. The van der Waals surface area contributed by atoms with Crippen LogP contribution in [0.5, 0.6) is 0 Å². The lowest BCUT2D eigenvalue weighted by Crippen LogP contribution is -2.35. The monoisotopic (exact) mass is 387 g/mol. The van der Waals surface area contributed by atoms with E-state index < -0.39 is 11.6 Å². The number of hydrogen-bond acceptors (Lipinski definition) is 3. The van der Waals surface area contributed by atoms with Gasteiger partial charge in [-0.3, -0.25) is 9.69 Å². The van der Waals surface area contributed by atoms with Crippen molar-refractivity contribution in [1.29, 1.82) is 0 Å². The zero-order chi connectivity index (χ0) is 19.0. The van der Waals surface area contributed by atoms with Gasteiger partial charge in [-0.1, -0.05) is 17.7 Å². The van der Waals surface area contributed by atoms with E-state index in [1.807, 2.05) is 4.90 Å². The van der Waals surface area contributed by atoms with Crippen molar-refractivity contribution in [3.05, 3.63) is 86.3 Å². The number of benzene rings is 2. The van der Waals surface area contributed by atoms with E-state index in [1.54, 1.807) is 24.3 Å². The van der Waals surface area contributed by atoms with Crippen molar-refractivity contribution in [3.63, 3.8) is 0 Å². The fourth-order valence-corrected chi connectivity index (χ4v) is 3.38. The van der Waals surface area contributed by atoms with Gasteiger partial charge in [-0.25, -0.2) is 13.8 Å². The van der Waals surface area contributed by atoms with E-state index in [4.69, 9.17) is 11.6 Å². The largest absolute Gasteiger partial charge is 0.306 e. The Morgan fingerprint density at radius 2 is 1.93 bits per heavy atom. The number of aromatic nitrogens is 2. The predicted molar refractivity (Wildman–Crippen MR) is 99.5 cm³/mol. The molecule has 2 aromatic carbocycles. The highest BCUT2D eigenvalue weighted by Crippen LogP contribution is 2.22. The molecule has 1 aromatic heterocycles. The Bertz CT molecular complexity index is 1050. The SMILES string of the molecule is O=c1[nH]c(-c2ccc(Cl)cc2)nc2c1CN(Cc1ccc(F)cc1F)CC2. The molecule has 0 saturated heterocycles. The topological polar surface area (TPSA) is 49.0 Å². The first-order valence-corrected chi connectivity index (χ1v) is 8.91. The van der Waals surface area contributed by atoms with Crippen molar-refractivity contribution in [2.24, 2.45) is 0 Å². The van der Waals surface area contributed by atoms with Gasteiger partial charge in [-0.05, 0) is 30.3 Å². The van der Waals surface area contributed by atoms with Gasteiger partial charge >= 0.3 is 0 Å². The average Bonchev–Trinajstić information content (AvgIpc) is 2.65. The second-order valence-corrected chi connectivity index (χ2v) is 6.98. The van der Waals surface area contributed by atoms with Crippen LogP contribution >= 0.6 is 11.6 Å². The summed E-state index contributed by atoms with van der Waals surface area (Å²) in [6.07, 6.45) is 0.586. The predicted octanol–water partition coefficient (Wildman–Crippen LogP) is 3.93. The van der Waals surface area contributed by atoms with Crippen LogP contribution in [-0.4, -0.2) is 21.4 Å². The van der Waals surface area contributed by atoms with E-state index in [1.165, 1.54) is 12.1 Å². The number of aromatic amines is 1. The number of H-pyrrole nitrogens is 1. The van der Waals surface area contributed by atoms with E-state index >= 15 is 0 Å². The van der Waals surface area contributed by atoms with Crippen molar-refractivity contribution in [2.75, 3.05) is 6.54 Å². The molecule has 1 N–H and O–H groups in total. The summed E-state index contributed by atoms with van der Waals surface area (Å²) in [5.74, 6) is -0.671. The molecule has 0 fully saturated rings. The summed E-state index contributed by atoms with van der Waals surface area (Å²) in [5, 5.41) is 0.614. The number of nitrogens with zero attached hydrogens (tertiary/aromatic N) is 2. The van der Waals surface area contributed by atoms with Crippen molar-refractivity contribution < 1.29 is 8.78 Å². The molecule has 4 nitrogen and oxygen atoms in total. The van der Waals surface area contributed by atoms with Crippen molar-refractivity contribution in [3.8, 4) is 11.4 Å². The molecule has 138 valence electrons. The molecular formula is C20H16ClF2N3O. The molecule has 3 aromatic rings. The van der Waals surface area contributed by atoms with Crippen LogP contribution < -0.4 is 5.56 Å². The minimum absolute atomic E-state index is 0.200. The number of halogens is 3. The highest BCUT2D eigenvalue weighted by molar-refractivity contribution is 6.30. The van der Waals surface area contributed by atoms with Crippen LogP contribution in [0, 0.1) is 11.6 Å². The Balaban J connectivity index is 1.58. The molecule has 2 heterocycles. The van der Waals surface area contributed by atoms with E-state index in [9.17, 15) is 13.6 Å². The lowest BCUT2D eigenvalue weighted by Gasteiger charge is -2.27. The van der Waals surface area contributed by atoms with E-state index in [2.05, 4.69) is 9.97 Å². The fraction of sp³-hybridized carbons (Fsp3) is 0.200. The standard InChI is InChI=1S/C20H16ClF2N3O/c21-14-4-1-12(2-5-14)19-24-18-7-8-26(11-16(18)20(27)25-19)10-13-3-6-15(22)9-17(13)23/h1-6,9H,7-8,10-11H2,(H,24,25,27). The zero-order valence-electron chi connectivity index (χ0n) is 14.3. The third-order valence-corrected chi connectivity index (χ3v) is 4.93. The first kappa shape index (κ1) is 17.8. The van der Waals surface area contributed by atoms with E-state index in [-0.39, 0.29) is 5.56 Å². The number of nitrogens with one attached hydrogen (secondary N) is 1. The van der Waals surface area contributed by atoms with E-state index in [0.717, 1.165) is 17.3 Å². The Morgan fingerprint density at radius 3 is 2.67 bits per heavy atom. The summed E-state index contributed by atoms with van der Waals surface area (Å²) in [7, 11) is 0. The van der Waals surface area contributed by atoms with Crippen LogP contribution in [0.25, 0.3) is 11.4 Å². The number of rotatable bonds is 3. The molecule has 0 bridgehead atoms. The van der Waals surface area contributed by atoms with Gasteiger partial charge in [0.2, 0.25) is 0 Å². The maximum atomic E-state index is 13.9. The Labute approximate surface area is 159 Å². The summed E-state index contributed by atoms with van der Waals surface area (Å²) < 4.78 is 27.0. The van der Waals surface area contributed by atoms with Crippen LogP contribution in [0.3, 0.4) is 0 Å². The number of fused-ring (bicyclic) bond motifs is 1.